The quantitative estimate of drug-likeness (QED) is 0.392. The Bertz CT molecular complexity index is 1000. The van der Waals surface area contributed by atoms with E-state index in [1.165, 1.54) is 0 Å². The zero-order valence-corrected chi connectivity index (χ0v) is 17.5. The molecule has 0 radical (unpaired) electrons. The predicted octanol–water partition coefficient (Wildman–Crippen LogP) is 4.59. The number of esters is 1. The van der Waals surface area contributed by atoms with Crippen molar-refractivity contribution in [2.75, 3.05) is 13.2 Å². The summed E-state index contributed by atoms with van der Waals surface area (Å²) < 4.78 is 18.5. The van der Waals surface area contributed by atoms with Gasteiger partial charge in [0, 0.05) is 17.9 Å². The fourth-order valence-electron chi connectivity index (χ4n) is 3.31. The maximum absolute atomic E-state index is 12.4. The summed E-state index contributed by atoms with van der Waals surface area (Å²) in [6, 6.07) is 7.30. The lowest BCUT2D eigenvalue weighted by Crippen LogP contribution is -2.16. The molecule has 1 aliphatic heterocycles. The topological polar surface area (TPSA) is 73.5 Å². The van der Waals surface area contributed by atoms with E-state index in [9.17, 15) is 10.1 Å². The van der Waals surface area contributed by atoms with Crippen molar-refractivity contribution < 1.29 is 19.0 Å². The molecule has 0 saturated heterocycles. The lowest BCUT2D eigenvalue weighted by atomic mass is 10.1. The van der Waals surface area contributed by atoms with Crippen molar-refractivity contribution in [2.45, 2.75) is 40.3 Å². The van der Waals surface area contributed by atoms with Gasteiger partial charge in [0.25, 0.3) is 0 Å². The van der Waals surface area contributed by atoms with Crippen LogP contribution in [0.4, 0.5) is 0 Å². The maximum Gasteiger partial charge on any atom is 0.349 e. The normalized spacial score (nSPS) is 13.1. The van der Waals surface area contributed by atoms with Gasteiger partial charge in [0.1, 0.15) is 31.5 Å². The zero-order chi connectivity index (χ0) is 21.0. The number of aromatic nitrogens is 1. The number of aryl methyl sites for hydroxylation is 1. The SMILES string of the molecule is CCCn1c(C)cc(/C=C(\C#N)C(=O)OCc2cc(Cl)c3c(c2)OCCO3)c1C. The summed E-state index contributed by atoms with van der Waals surface area (Å²) in [5, 5.41) is 9.84. The third-order valence-electron chi connectivity index (χ3n) is 4.73. The number of ether oxygens (including phenoxy) is 3. The van der Waals surface area contributed by atoms with E-state index in [1.807, 2.05) is 26.0 Å². The number of carbonyl (C=O) groups is 1. The Morgan fingerprint density at radius 3 is 2.79 bits per heavy atom. The van der Waals surface area contributed by atoms with E-state index >= 15 is 0 Å². The van der Waals surface area contributed by atoms with Crippen LogP contribution in [0.5, 0.6) is 11.5 Å². The fraction of sp³-hybridized carbons (Fsp3) is 0.364. The average Bonchev–Trinajstić information content (AvgIpc) is 2.98. The smallest absolute Gasteiger partial charge is 0.349 e. The molecule has 0 fully saturated rings. The van der Waals surface area contributed by atoms with Crippen LogP contribution in [0.3, 0.4) is 0 Å². The molecule has 0 atom stereocenters. The van der Waals surface area contributed by atoms with Crippen LogP contribution in [0.1, 0.15) is 35.9 Å². The Kier molecular flexibility index (Phi) is 6.50. The highest BCUT2D eigenvalue weighted by molar-refractivity contribution is 6.32. The fourth-order valence-corrected chi connectivity index (χ4v) is 3.60. The monoisotopic (exact) mass is 414 g/mol. The lowest BCUT2D eigenvalue weighted by molar-refractivity contribution is -0.139. The van der Waals surface area contributed by atoms with Crippen LogP contribution in [0, 0.1) is 25.2 Å². The zero-order valence-electron chi connectivity index (χ0n) is 16.8. The average molecular weight is 415 g/mol. The van der Waals surface area contributed by atoms with Crippen LogP contribution < -0.4 is 9.47 Å². The molecular formula is C22H23ClN2O4. The molecule has 3 rings (SSSR count). The van der Waals surface area contributed by atoms with Gasteiger partial charge < -0.3 is 18.8 Å². The molecule has 1 aromatic heterocycles. The van der Waals surface area contributed by atoms with E-state index in [0.29, 0.717) is 35.3 Å². The minimum Gasteiger partial charge on any atom is -0.486 e. The summed E-state index contributed by atoms with van der Waals surface area (Å²) in [4.78, 5) is 12.4. The third kappa shape index (κ3) is 4.57. The standard InChI is InChI=1S/C22H23ClN2O4/c1-4-5-25-14(2)8-17(15(25)3)11-18(12-24)22(26)29-13-16-9-19(23)21-20(10-16)27-6-7-28-21/h8-11H,4-7,13H2,1-3H3/b18-11+. The first kappa shape index (κ1) is 20.8. The van der Waals surface area contributed by atoms with Crippen molar-refractivity contribution >= 4 is 23.6 Å². The van der Waals surface area contributed by atoms with Gasteiger partial charge in [0.15, 0.2) is 11.5 Å². The van der Waals surface area contributed by atoms with Gasteiger partial charge in [0.2, 0.25) is 0 Å². The van der Waals surface area contributed by atoms with Gasteiger partial charge in [-0.3, -0.25) is 0 Å². The van der Waals surface area contributed by atoms with Crippen molar-refractivity contribution in [1.82, 2.24) is 4.57 Å². The molecule has 0 saturated carbocycles. The molecule has 0 bridgehead atoms. The van der Waals surface area contributed by atoms with E-state index in [2.05, 4.69) is 11.5 Å². The van der Waals surface area contributed by atoms with Crippen molar-refractivity contribution in [2.24, 2.45) is 0 Å². The van der Waals surface area contributed by atoms with Crippen LogP contribution in [-0.4, -0.2) is 23.8 Å². The number of hydrogen-bond acceptors (Lipinski definition) is 5. The van der Waals surface area contributed by atoms with Crippen molar-refractivity contribution in [3.8, 4) is 17.6 Å². The number of benzene rings is 1. The van der Waals surface area contributed by atoms with E-state index in [-0.39, 0.29) is 12.2 Å². The molecule has 1 aromatic carbocycles. The van der Waals surface area contributed by atoms with Gasteiger partial charge >= 0.3 is 5.97 Å². The number of halogens is 1. The van der Waals surface area contributed by atoms with Gasteiger partial charge in [-0.1, -0.05) is 18.5 Å². The van der Waals surface area contributed by atoms with Crippen molar-refractivity contribution in [3.63, 3.8) is 0 Å². The Hall–Kier alpha value is -2.91. The Morgan fingerprint density at radius 2 is 2.07 bits per heavy atom. The second-order valence-corrected chi connectivity index (χ2v) is 7.23. The molecule has 152 valence electrons. The highest BCUT2D eigenvalue weighted by atomic mass is 35.5. The molecule has 0 amide bonds. The molecule has 0 unspecified atom stereocenters. The Morgan fingerprint density at radius 1 is 1.31 bits per heavy atom. The summed E-state index contributed by atoms with van der Waals surface area (Å²) in [5.41, 5.74) is 3.55. The number of fused-ring (bicyclic) bond motifs is 1. The molecule has 0 N–H and O–H groups in total. The highest BCUT2D eigenvalue weighted by Crippen LogP contribution is 2.38. The molecule has 1 aliphatic rings. The summed E-state index contributed by atoms with van der Waals surface area (Å²) in [5.74, 6) is 0.334. The highest BCUT2D eigenvalue weighted by Gasteiger charge is 2.18. The predicted molar refractivity (Wildman–Crippen MR) is 110 cm³/mol. The van der Waals surface area contributed by atoms with Gasteiger partial charge in [-0.2, -0.15) is 5.26 Å². The molecule has 0 aliphatic carbocycles. The van der Waals surface area contributed by atoms with Crippen LogP contribution in [0.25, 0.3) is 6.08 Å². The molecule has 7 heteroatoms. The van der Waals surface area contributed by atoms with E-state index in [1.54, 1.807) is 18.2 Å². The first-order chi connectivity index (χ1) is 13.9. The molecular weight excluding hydrogens is 392 g/mol. The molecule has 2 heterocycles. The first-order valence-corrected chi connectivity index (χ1v) is 9.86. The van der Waals surface area contributed by atoms with Crippen LogP contribution in [0.15, 0.2) is 23.8 Å². The van der Waals surface area contributed by atoms with E-state index < -0.39 is 5.97 Å². The molecule has 29 heavy (non-hydrogen) atoms. The van der Waals surface area contributed by atoms with Crippen molar-refractivity contribution in [1.29, 1.82) is 5.26 Å². The number of nitrogens with zero attached hydrogens (tertiary/aromatic N) is 2. The number of rotatable bonds is 6. The second-order valence-electron chi connectivity index (χ2n) is 6.83. The van der Waals surface area contributed by atoms with Gasteiger partial charge in [0.05, 0.1) is 5.02 Å². The third-order valence-corrected chi connectivity index (χ3v) is 5.01. The first-order valence-electron chi connectivity index (χ1n) is 9.48. The number of hydrogen-bond donors (Lipinski definition) is 0. The van der Waals surface area contributed by atoms with Gasteiger partial charge in [-0.15, -0.1) is 0 Å². The van der Waals surface area contributed by atoms with E-state index in [4.69, 9.17) is 25.8 Å². The minimum atomic E-state index is -0.682. The molecule has 0 spiro atoms. The van der Waals surface area contributed by atoms with Gasteiger partial charge in [-0.25, -0.2) is 4.79 Å². The van der Waals surface area contributed by atoms with Crippen LogP contribution in [0.2, 0.25) is 5.02 Å². The minimum absolute atomic E-state index is 0.0247. The summed E-state index contributed by atoms with van der Waals surface area (Å²) in [6.45, 7) is 7.84. The maximum atomic E-state index is 12.4. The van der Waals surface area contributed by atoms with Crippen LogP contribution in [-0.2, 0) is 22.7 Å². The second kappa shape index (κ2) is 9.06. The Balaban J connectivity index is 1.74. The Labute approximate surface area is 175 Å². The summed E-state index contributed by atoms with van der Waals surface area (Å²) in [7, 11) is 0. The van der Waals surface area contributed by atoms with Gasteiger partial charge in [-0.05, 0) is 55.7 Å². The number of nitriles is 1. The summed E-state index contributed by atoms with van der Waals surface area (Å²) >= 11 is 6.21. The lowest BCUT2D eigenvalue weighted by Gasteiger charge is -2.20. The largest absolute Gasteiger partial charge is 0.486 e. The van der Waals surface area contributed by atoms with E-state index in [0.717, 1.165) is 29.9 Å². The number of carbonyl (C=O) groups excluding carboxylic acids is 1. The summed E-state index contributed by atoms with van der Waals surface area (Å²) in [6.07, 6.45) is 2.58. The molecule has 6 nitrogen and oxygen atoms in total. The van der Waals surface area contributed by atoms with Crippen LogP contribution >= 0.6 is 11.6 Å². The van der Waals surface area contributed by atoms with Crippen molar-refractivity contribution in [3.05, 3.63) is 51.3 Å². The molecule has 2 aromatic rings.